The molecule has 0 radical (unpaired) electrons. The Labute approximate surface area is 235 Å². The minimum atomic E-state index is -4.13. The molecular weight excluding hydrogens is 532 g/mol. The summed E-state index contributed by atoms with van der Waals surface area (Å²) in [5.41, 5.74) is 0.191. The molecule has 11 nitrogen and oxygen atoms in total. The molecule has 1 aliphatic carbocycles. The third-order valence-corrected chi connectivity index (χ3v) is 11.2. The van der Waals surface area contributed by atoms with Gasteiger partial charge < -0.3 is 20.1 Å². The van der Waals surface area contributed by atoms with Crippen LogP contribution >= 0.6 is 0 Å². The van der Waals surface area contributed by atoms with Crippen LogP contribution in [0.3, 0.4) is 0 Å². The first-order valence-electron chi connectivity index (χ1n) is 14.6. The second-order valence-electron chi connectivity index (χ2n) is 12.0. The molecule has 2 atom stereocenters. The van der Waals surface area contributed by atoms with Crippen molar-refractivity contribution in [2.75, 3.05) is 32.8 Å². The molecule has 1 aromatic heterocycles. The van der Waals surface area contributed by atoms with Crippen LogP contribution in [0.2, 0.25) is 0 Å². The predicted octanol–water partition coefficient (Wildman–Crippen LogP) is 1.92. The summed E-state index contributed by atoms with van der Waals surface area (Å²) >= 11 is 0. The van der Waals surface area contributed by atoms with Crippen LogP contribution in [0.1, 0.15) is 57.8 Å². The van der Waals surface area contributed by atoms with Gasteiger partial charge in [0.25, 0.3) is 0 Å². The molecule has 1 aromatic carbocycles. The third-order valence-electron chi connectivity index (χ3n) is 9.32. The van der Waals surface area contributed by atoms with Crippen LogP contribution in [0.15, 0.2) is 29.4 Å². The average molecular weight is 573 g/mol. The highest BCUT2D eigenvalue weighted by molar-refractivity contribution is 7.89. The number of carbonyl (C=O) groups is 1. The first kappa shape index (κ1) is 27.6. The van der Waals surface area contributed by atoms with Gasteiger partial charge in [0, 0.05) is 57.2 Å². The Morgan fingerprint density at radius 1 is 1.15 bits per heavy atom. The van der Waals surface area contributed by atoms with E-state index in [1.165, 1.54) is 44.5 Å². The van der Waals surface area contributed by atoms with Crippen LogP contribution < -0.4 is 10.1 Å². The molecule has 1 saturated carbocycles. The van der Waals surface area contributed by atoms with E-state index in [1.807, 2.05) is 0 Å². The number of fused-ring (bicyclic) bond motifs is 2. The van der Waals surface area contributed by atoms with Gasteiger partial charge in [0.05, 0.1) is 12.7 Å². The van der Waals surface area contributed by atoms with Crippen molar-refractivity contribution in [3.05, 3.63) is 24.5 Å². The Morgan fingerprint density at radius 2 is 1.93 bits per heavy atom. The summed E-state index contributed by atoms with van der Waals surface area (Å²) in [5.74, 6) is 1.23. The molecule has 12 heteroatoms. The van der Waals surface area contributed by atoms with Crippen molar-refractivity contribution in [1.82, 2.24) is 29.3 Å². The van der Waals surface area contributed by atoms with Gasteiger partial charge in [0.2, 0.25) is 15.9 Å². The van der Waals surface area contributed by atoms with E-state index < -0.39 is 27.7 Å². The molecule has 2 N–H and O–H groups in total. The molecule has 2 aromatic rings. The zero-order valence-electron chi connectivity index (χ0n) is 23.2. The molecule has 1 spiro atoms. The number of sulfonamides is 1. The number of carbonyl (C=O) groups excluding carboxylic acids is 1. The summed E-state index contributed by atoms with van der Waals surface area (Å²) in [6, 6.07) is 3.90. The predicted molar refractivity (Wildman–Crippen MR) is 148 cm³/mol. The van der Waals surface area contributed by atoms with Gasteiger partial charge in [0.1, 0.15) is 23.0 Å². The number of hydrogen-bond acceptors (Lipinski definition) is 8. The molecule has 3 aliphatic heterocycles. The summed E-state index contributed by atoms with van der Waals surface area (Å²) in [6.07, 6.45) is 9.33. The van der Waals surface area contributed by atoms with Gasteiger partial charge in [-0.1, -0.05) is 19.3 Å². The second-order valence-corrected chi connectivity index (χ2v) is 13.9. The van der Waals surface area contributed by atoms with E-state index in [0.29, 0.717) is 17.8 Å². The highest BCUT2D eigenvalue weighted by atomic mass is 32.2. The zero-order chi connectivity index (χ0) is 27.9. The molecule has 1 amide bonds. The number of aromatic nitrogens is 3. The maximum atomic E-state index is 13.9. The number of nitrogens with one attached hydrogen (secondary N) is 1. The molecular formula is C28H40N6O5S. The lowest BCUT2D eigenvalue weighted by Gasteiger charge is -2.44. The maximum absolute atomic E-state index is 13.9. The number of benzene rings is 1. The van der Waals surface area contributed by atoms with E-state index in [2.05, 4.69) is 20.3 Å². The van der Waals surface area contributed by atoms with E-state index >= 15 is 0 Å². The first-order chi connectivity index (χ1) is 19.2. The van der Waals surface area contributed by atoms with E-state index in [4.69, 9.17) is 4.74 Å². The van der Waals surface area contributed by atoms with E-state index in [9.17, 15) is 18.3 Å². The molecule has 40 heavy (non-hydrogen) atoms. The number of amides is 1. The largest absolute Gasteiger partial charge is 0.492 e. The molecule has 0 bridgehead atoms. The van der Waals surface area contributed by atoms with Crippen LogP contribution in [-0.4, -0.2) is 93.9 Å². The molecule has 3 fully saturated rings. The minimum absolute atomic E-state index is 0.0106. The van der Waals surface area contributed by atoms with Crippen molar-refractivity contribution in [3.8, 4) is 17.1 Å². The van der Waals surface area contributed by atoms with Gasteiger partial charge in [-0.2, -0.15) is 9.40 Å². The molecule has 0 unspecified atom stereocenters. The number of hydrogen-bond donors (Lipinski definition) is 2. The zero-order valence-corrected chi connectivity index (χ0v) is 24.0. The number of ether oxygens (including phenoxy) is 1. The Kier molecular flexibility index (Phi) is 7.62. The highest BCUT2D eigenvalue weighted by Crippen LogP contribution is 2.37. The van der Waals surface area contributed by atoms with Crippen molar-refractivity contribution in [2.24, 2.45) is 13.0 Å². The van der Waals surface area contributed by atoms with Gasteiger partial charge in [-0.3, -0.25) is 4.79 Å². The topological polar surface area (TPSA) is 130 Å². The number of aliphatic hydroxyl groups excluding tert-OH is 1. The summed E-state index contributed by atoms with van der Waals surface area (Å²) < 4.78 is 36.8. The maximum Gasteiger partial charge on any atom is 0.247 e. The van der Waals surface area contributed by atoms with Crippen molar-refractivity contribution in [3.63, 3.8) is 0 Å². The molecule has 4 aliphatic rings. The average Bonchev–Trinajstić information content (AvgIpc) is 3.56. The Balaban J connectivity index is 1.29. The third kappa shape index (κ3) is 5.38. The fraction of sp³-hybridized carbons (Fsp3) is 0.679. The Hall–Kier alpha value is -2.54. The number of aryl methyl sites for hydroxylation is 1. The van der Waals surface area contributed by atoms with Gasteiger partial charge >= 0.3 is 0 Å². The standard InChI is InChI=1S/C28H40N6O5S/c1-32-26(29-19-30-32)21-7-8-25-24(15-21)39-14-11-28(9-12-33(13-10-28)17-20-5-3-2-4-6-20)31-27(36)23-16-22(35)18-34(23)40(25,37)38/h7-8,15,19-20,22-23,35H,2-6,9-14,16-18H2,1H3,(H,31,36)/t22-,23+/m1/s1. The number of piperidine rings is 1. The van der Waals surface area contributed by atoms with Crippen LogP contribution in [0.5, 0.6) is 5.75 Å². The van der Waals surface area contributed by atoms with Gasteiger partial charge in [-0.25, -0.2) is 18.1 Å². The lowest BCUT2D eigenvalue weighted by atomic mass is 9.83. The first-order valence-corrected chi connectivity index (χ1v) is 16.0. The molecule has 218 valence electrons. The highest BCUT2D eigenvalue weighted by Gasteiger charge is 2.47. The quantitative estimate of drug-likeness (QED) is 0.571. The summed E-state index contributed by atoms with van der Waals surface area (Å²) in [4.78, 5) is 20.5. The van der Waals surface area contributed by atoms with Crippen LogP contribution in [0.4, 0.5) is 0 Å². The number of nitrogens with zero attached hydrogens (tertiary/aromatic N) is 5. The normalized spacial score (nSPS) is 27.8. The lowest BCUT2D eigenvalue weighted by molar-refractivity contribution is -0.127. The van der Waals surface area contributed by atoms with Gasteiger partial charge in [-0.15, -0.1) is 0 Å². The molecule has 4 heterocycles. The van der Waals surface area contributed by atoms with Crippen molar-refractivity contribution < 1.29 is 23.1 Å². The van der Waals surface area contributed by atoms with Crippen LogP contribution in [0.25, 0.3) is 11.4 Å². The fourth-order valence-electron chi connectivity index (χ4n) is 6.98. The minimum Gasteiger partial charge on any atom is -0.492 e. The summed E-state index contributed by atoms with van der Waals surface area (Å²) in [7, 11) is -2.36. The smallest absolute Gasteiger partial charge is 0.247 e. The monoisotopic (exact) mass is 572 g/mol. The molecule has 2 saturated heterocycles. The number of rotatable bonds is 3. The Morgan fingerprint density at radius 3 is 2.65 bits per heavy atom. The van der Waals surface area contributed by atoms with Crippen molar-refractivity contribution in [1.29, 1.82) is 0 Å². The number of aliphatic hydroxyl groups is 1. The van der Waals surface area contributed by atoms with Gasteiger partial charge in [0.15, 0.2) is 5.82 Å². The fourth-order valence-corrected chi connectivity index (χ4v) is 8.73. The van der Waals surface area contributed by atoms with Crippen LogP contribution in [-0.2, 0) is 21.9 Å². The van der Waals surface area contributed by atoms with E-state index in [1.54, 1.807) is 23.9 Å². The van der Waals surface area contributed by atoms with Crippen molar-refractivity contribution in [2.45, 2.75) is 80.4 Å². The van der Waals surface area contributed by atoms with Crippen LogP contribution in [0, 0.1) is 5.92 Å². The van der Waals surface area contributed by atoms with E-state index in [-0.39, 0.29) is 36.1 Å². The van der Waals surface area contributed by atoms with E-state index in [0.717, 1.165) is 42.7 Å². The number of likely N-dealkylation sites (tertiary alicyclic amines) is 1. The second kappa shape index (κ2) is 11.0. The summed E-state index contributed by atoms with van der Waals surface area (Å²) in [6.45, 7) is 3.02. The SMILES string of the molecule is Cn1ncnc1-c1ccc2c(c1)OCCC1(CCN(CC3CCCCC3)CC1)NC(=O)[C@@H]1C[C@@H](O)CN1S2(=O)=O. The summed E-state index contributed by atoms with van der Waals surface area (Å²) in [5, 5.41) is 17.9. The van der Waals surface area contributed by atoms with Gasteiger partial charge in [-0.05, 0) is 49.8 Å². The van der Waals surface area contributed by atoms with Crippen molar-refractivity contribution >= 4 is 15.9 Å². The molecule has 6 rings (SSSR count). The Bertz CT molecular complexity index is 1330. The lowest BCUT2D eigenvalue weighted by Crippen LogP contribution is -2.59.